The summed E-state index contributed by atoms with van der Waals surface area (Å²) in [7, 11) is 0. The van der Waals surface area contributed by atoms with Crippen molar-refractivity contribution < 1.29 is 10.2 Å². The Bertz CT molecular complexity index is 962. The van der Waals surface area contributed by atoms with Crippen LogP contribution in [0.4, 0.5) is 5.82 Å². The minimum atomic E-state index is 0.238. The number of allylic oxidation sites excluding steroid dienone is 2. The molecule has 0 saturated heterocycles. The van der Waals surface area contributed by atoms with Crippen LogP contribution in [-0.4, -0.2) is 15.2 Å². The molecule has 4 nitrogen and oxygen atoms in total. The molecule has 0 bridgehead atoms. The summed E-state index contributed by atoms with van der Waals surface area (Å²) < 4.78 is 0. The third-order valence-corrected chi connectivity index (χ3v) is 3.90. The first-order valence-electron chi connectivity index (χ1n) is 8.27. The number of pyridine rings is 1. The van der Waals surface area contributed by atoms with E-state index in [0.29, 0.717) is 0 Å². The van der Waals surface area contributed by atoms with Gasteiger partial charge in [0.15, 0.2) is 0 Å². The van der Waals surface area contributed by atoms with E-state index < -0.39 is 0 Å². The number of hydrogen-bond donors (Lipinski definition) is 3. The number of phenols is 2. The molecular formula is C22H20N2O2. The highest BCUT2D eigenvalue weighted by molar-refractivity contribution is 5.67. The molecular weight excluding hydrogens is 324 g/mol. The van der Waals surface area contributed by atoms with E-state index in [1.54, 1.807) is 36.7 Å². The van der Waals surface area contributed by atoms with Gasteiger partial charge in [-0.05, 0) is 48.4 Å². The highest BCUT2D eigenvalue weighted by atomic mass is 16.3. The molecule has 0 saturated carbocycles. The third kappa shape index (κ3) is 4.30. The van der Waals surface area contributed by atoms with Crippen LogP contribution in [0.15, 0.2) is 79.1 Å². The fourth-order valence-corrected chi connectivity index (χ4v) is 2.54. The van der Waals surface area contributed by atoms with Crippen molar-refractivity contribution in [3.63, 3.8) is 0 Å². The lowest BCUT2D eigenvalue weighted by molar-refractivity contribution is 0.474. The van der Waals surface area contributed by atoms with Gasteiger partial charge in [0.1, 0.15) is 17.3 Å². The van der Waals surface area contributed by atoms with Crippen molar-refractivity contribution in [1.82, 2.24) is 4.98 Å². The number of aryl methyl sites for hydroxylation is 1. The molecule has 0 atom stereocenters. The quantitative estimate of drug-likeness (QED) is 0.563. The maximum absolute atomic E-state index is 9.70. The number of aromatic hydroxyl groups is 2. The summed E-state index contributed by atoms with van der Waals surface area (Å²) in [5, 5.41) is 22.5. The van der Waals surface area contributed by atoms with Crippen LogP contribution in [0.2, 0.25) is 0 Å². The van der Waals surface area contributed by atoms with Gasteiger partial charge in [-0.3, -0.25) is 0 Å². The molecule has 0 aliphatic heterocycles. The number of hydrogen-bond acceptors (Lipinski definition) is 4. The van der Waals surface area contributed by atoms with Gasteiger partial charge in [-0.15, -0.1) is 0 Å². The van der Waals surface area contributed by atoms with Gasteiger partial charge < -0.3 is 15.5 Å². The van der Waals surface area contributed by atoms with Crippen molar-refractivity contribution in [2.75, 3.05) is 5.32 Å². The summed E-state index contributed by atoms with van der Waals surface area (Å²) in [4.78, 5) is 4.45. The Hall–Kier alpha value is -3.53. The highest BCUT2D eigenvalue weighted by Gasteiger charge is 2.03. The first kappa shape index (κ1) is 17.3. The highest BCUT2D eigenvalue weighted by Crippen LogP contribution is 2.25. The summed E-state index contributed by atoms with van der Waals surface area (Å²) in [6, 6.07) is 16.3. The molecule has 3 rings (SSSR count). The third-order valence-electron chi connectivity index (χ3n) is 3.90. The molecule has 0 fully saturated rings. The van der Waals surface area contributed by atoms with Gasteiger partial charge in [-0.25, -0.2) is 4.98 Å². The number of benzene rings is 2. The lowest BCUT2D eigenvalue weighted by atomic mass is 10.1. The maximum Gasteiger partial charge on any atom is 0.132 e. The van der Waals surface area contributed by atoms with Crippen LogP contribution in [0.25, 0.3) is 17.2 Å². The van der Waals surface area contributed by atoms with E-state index in [0.717, 1.165) is 28.1 Å². The lowest BCUT2D eigenvalue weighted by Gasteiger charge is -2.08. The van der Waals surface area contributed by atoms with Crippen molar-refractivity contribution in [3.05, 3.63) is 90.3 Å². The molecule has 4 heteroatoms. The van der Waals surface area contributed by atoms with E-state index in [1.165, 1.54) is 0 Å². The number of nitrogens with zero attached hydrogens (tertiary/aromatic N) is 1. The van der Waals surface area contributed by atoms with Crippen LogP contribution in [0.3, 0.4) is 0 Å². The van der Waals surface area contributed by atoms with Crippen molar-refractivity contribution in [2.45, 2.75) is 6.92 Å². The van der Waals surface area contributed by atoms with Gasteiger partial charge in [0.25, 0.3) is 0 Å². The molecule has 130 valence electrons. The molecule has 1 aromatic heterocycles. The monoisotopic (exact) mass is 344 g/mol. The minimum Gasteiger partial charge on any atom is -0.508 e. The van der Waals surface area contributed by atoms with Crippen LogP contribution in [0, 0.1) is 6.92 Å². The van der Waals surface area contributed by atoms with E-state index in [2.05, 4.69) is 10.3 Å². The first-order chi connectivity index (χ1) is 12.6. The zero-order valence-corrected chi connectivity index (χ0v) is 14.4. The average molecular weight is 344 g/mol. The largest absolute Gasteiger partial charge is 0.508 e. The van der Waals surface area contributed by atoms with Gasteiger partial charge >= 0.3 is 0 Å². The topological polar surface area (TPSA) is 65.4 Å². The summed E-state index contributed by atoms with van der Waals surface area (Å²) in [5.74, 6) is 1.26. The second kappa shape index (κ2) is 8.03. The summed E-state index contributed by atoms with van der Waals surface area (Å²) in [5.41, 5.74) is 3.64. The molecule has 0 radical (unpaired) electrons. The van der Waals surface area contributed by atoms with Gasteiger partial charge in [0.05, 0.1) is 0 Å². The molecule has 3 aromatic rings. The Kier molecular flexibility index (Phi) is 5.34. The van der Waals surface area contributed by atoms with Crippen molar-refractivity contribution >= 4 is 11.9 Å². The van der Waals surface area contributed by atoms with Gasteiger partial charge in [0, 0.05) is 23.5 Å². The van der Waals surface area contributed by atoms with E-state index in [-0.39, 0.29) is 11.5 Å². The van der Waals surface area contributed by atoms with Gasteiger partial charge in [0.2, 0.25) is 0 Å². The van der Waals surface area contributed by atoms with E-state index in [9.17, 15) is 10.2 Å². The summed E-state index contributed by atoms with van der Waals surface area (Å²) >= 11 is 0. The first-order valence-corrected chi connectivity index (χ1v) is 8.27. The van der Waals surface area contributed by atoms with Gasteiger partial charge in [-0.1, -0.05) is 42.5 Å². The van der Waals surface area contributed by atoms with Crippen LogP contribution >= 0.6 is 0 Å². The molecule has 3 N–H and O–H groups in total. The van der Waals surface area contributed by atoms with Gasteiger partial charge in [-0.2, -0.15) is 0 Å². The molecule has 1 heterocycles. The van der Waals surface area contributed by atoms with Crippen LogP contribution in [-0.2, 0) is 0 Å². The second-order valence-corrected chi connectivity index (χ2v) is 5.86. The van der Waals surface area contributed by atoms with E-state index in [1.807, 2.05) is 55.5 Å². The van der Waals surface area contributed by atoms with Crippen molar-refractivity contribution in [2.24, 2.45) is 0 Å². The number of phenolic OH excluding ortho intramolecular Hbond substituents is 2. The maximum atomic E-state index is 9.70. The fourth-order valence-electron chi connectivity index (χ4n) is 2.54. The zero-order valence-electron chi connectivity index (χ0n) is 14.4. The molecule has 0 aliphatic rings. The Labute approximate surface area is 152 Å². The lowest BCUT2D eigenvalue weighted by Crippen LogP contribution is -1.95. The Morgan fingerprint density at radius 2 is 1.77 bits per heavy atom. The van der Waals surface area contributed by atoms with E-state index in [4.69, 9.17) is 0 Å². The second-order valence-electron chi connectivity index (χ2n) is 5.86. The normalized spacial score (nSPS) is 11.3. The van der Waals surface area contributed by atoms with Crippen molar-refractivity contribution in [1.29, 1.82) is 0 Å². The average Bonchev–Trinajstić information content (AvgIpc) is 2.64. The number of nitrogens with one attached hydrogen (secondary N) is 1. The smallest absolute Gasteiger partial charge is 0.132 e. The number of aromatic nitrogens is 1. The molecule has 0 aliphatic carbocycles. The minimum absolute atomic E-state index is 0.238. The number of rotatable bonds is 5. The molecule has 2 aromatic carbocycles. The Morgan fingerprint density at radius 3 is 2.54 bits per heavy atom. The van der Waals surface area contributed by atoms with Crippen LogP contribution in [0.1, 0.15) is 11.1 Å². The SMILES string of the molecule is Cc1cc(-c2cccc(O)c2)cnc1N/C=C/C=C/c1ccccc1O. The predicted molar refractivity (Wildman–Crippen MR) is 106 cm³/mol. The fraction of sp³-hybridized carbons (Fsp3) is 0.0455. The zero-order chi connectivity index (χ0) is 18.4. The Morgan fingerprint density at radius 1 is 0.923 bits per heavy atom. The van der Waals surface area contributed by atoms with Crippen LogP contribution in [0.5, 0.6) is 11.5 Å². The van der Waals surface area contributed by atoms with Crippen molar-refractivity contribution in [3.8, 4) is 22.6 Å². The standard InChI is InChI=1S/C22H20N2O2/c1-16-13-19(18-9-6-10-20(25)14-18)15-24-22(16)23-12-5-4-8-17-7-2-3-11-21(17)26/h2-15,25-26H,1H3,(H,23,24)/b8-4+,12-5+. The predicted octanol–water partition coefficient (Wildman–Crippen LogP) is 5.11. The molecule has 0 amide bonds. The van der Waals surface area contributed by atoms with Crippen LogP contribution < -0.4 is 5.32 Å². The summed E-state index contributed by atoms with van der Waals surface area (Å²) in [6.45, 7) is 1.98. The Balaban J connectivity index is 1.66. The van der Waals surface area contributed by atoms with E-state index >= 15 is 0 Å². The molecule has 0 spiro atoms. The molecule has 26 heavy (non-hydrogen) atoms. The number of para-hydroxylation sites is 1. The number of anilines is 1. The molecule has 0 unspecified atom stereocenters. The summed E-state index contributed by atoms with van der Waals surface area (Å²) in [6.07, 6.45) is 9.09.